The van der Waals surface area contributed by atoms with Crippen molar-refractivity contribution in [1.82, 2.24) is 19.8 Å². The SMILES string of the molecule is Cc1cccc(-c2ncccc2C(=O)N2CCC=C(c3ccc4cc(C(=O)N(C)C)[nH]c4c3)C2)c1. The van der Waals surface area contributed by atoms with Crippen LogP contribution in [0, 0.1) is 6.92 Å². The van der Waals surface area contributed by atoms with Crippen molar-refractivity contribution < 1.29 is 9.59 Å². The molecule has 35 heavy (non-hydrogen) atoms. The number of amides is 2. The van der Waals surface area contributed by atoms with Gasteiger partial charge in [-0.15, -0.1) is 0 Å². The molecule has 0 radical (unpaired) electrons. The second-order valence-corrected chi connectivity index (χ2v) is 9.20. The first-order valence-electron chi connectivity index (χ1n) is 11.8. The third-order valence-electron chi connectivity index (χ3n) is 6.40. The van der Waals surface area contributed by atoms with Gasteiger partial charge in [0, 0.05) is 49.8 Å². The summed E-state index contributed by atoms with van der Waals surface area (Å²) in [6.07, 6.45) is 4.72. The van der Waals surface area contributed by atoms with E-state index in [-0.39, 0.29) is 11.8 Å². The summed E-state index contributed by atoms with van der Waals surface area (Å²) in [6, 6.07) is 19.8. The molecular formula is C29H28N4O2. The molecule has 3 heterocycles. The third kappa shape index (κ3) is 4.47. The van der Waals surface area contributed by atoms with Crippen LogP contribution in [0.15, 0.2) is 72.9 Å². The number of H-pyrrole nitrogens is 1. The molecule has 6 nitrogen and oxygen atoms in total. The summed E-state index contributed by atoms with van der Waals surface area (Å²) in [5.41, 5.74) is 7.03. The molecule has 5 rings (SSSR count). The molecule has 0 spiro atoms. The van der Waals surface area contributed by atoms with Gasteiger partial charge in [-0.3, -0.25) is 14.6 Å². The van der Waals surface area contributed by atoms with E-state index in [9.17, 15) is 9.59 Å². The predicted octanol–water partition coefficient (Wildman–Crippen LogP) is 5.17. The fraction of sp³-hybridized carbons (Fsp3) is 0.207. The fourth-order valence-corrected chi connectivity index (χ4v) is 4.58. The Labute approximate surface area is 204 Å². The summed E-state index contributed by atoms with van der Waals surface area (Å²) >= 11 is 0. The monoisotopic (exact) mass is 464 g/mol. The number of benzene rings is 2. The van der Waals surface area contributed by atoms with E-state index in [0.717, 1.165) is 39.6 Å². The third-order valence-corrected chi connectivity index (χ3v) is 6.40. The molecule has 1 aliphatic heterocycles. The molecule has 6 heteroatoms. The van der Waals surface area contributed by atoms with Crippen LogP contribution < -0.4 is 0 Å². The highest BCUT2D eigenvalue weighted by molar-refractivity contribution is 6.01. The minimum Gasteiger partial charge on any atom is -0.351 e. The number of nitrogens with zero attached hydrogens (tertiary/aromatic N) is 3. The van der Waals surface area contributed by atoms with Crippen LogP contribution in [0.3, 0.4) is 0 Å². The molecule has 0 saturated heterocycles. The quantitative estimate of drug-likeness (QED) is 0.453. The first kappa shape index (κ1) is 22.6. The molecule has 4 aromatic rings. The smallest absolute Gasteiger partial charge is 0.269 e. The number of aryl methyl sites for hydroxylation is 1. The Kier molecular flexibility index (Phi) is 5.95. The number of aromatic amines is 1. The zero-order chi connectivity index (χ0) is 24.5. The second kappa shape index (κ2) is 9.22. The molecule has 0 aliphatic carbocycles. The van der Waals surface area contributed by atoms with Crippen molar-refractivity contribution in [3.63, 3.8) is 0 Å². The van der Waals surface area contributed by atoms with Gasteiger partial charge in [-0.05, 0) is 54.8 Å². The molecule has 0 unspecified atom stereocenters. The van der Waals surface area contributed by atoms with E-state index in [4.69, 9.17) is 0 Å². The lowest BCUT2D eigenvalue weighted by Gasteiger charge is -2.28. The van der Waals surface area contributed by atoms with Crippen LogP contribution in [0.5, 0.6) is 0 Å². The molecule has 2 aromatic heterocycles. The van der Waals surface area contributed by atoms with Gasteiger partial charge in [0.25, 0.3) is 11.8 Å². The lowest BCUT2D eigenvalue weighted by Crippen LogP contribution is -2.35. The van der Waals surface area contributed by atoms with E-state index in [1.54, 1.807) is 25.2 Å². The molecule has 0 saturated carbocycles. The molecule has 1 N–H and O–H groups in total. The zero-order valence-electron chi connectivity index (χ0n) is 20.2. The van der Waals surface area contributed by atoms with E-state index < -0.39 is 0 Å². The minimum absolute atomic E-state index is 0.0139. The van der Waals surface area contributed by atoms with Crippen LogP contribution in [0.25, 0.3) is 27.7 Å². The average Bonchev–Trinajstić information content (AvgIpc) is 3.31. The van der Waals surface area contributed by atoms with Gasteiger partial charge in [0.05, 0.1) is 11.3 Å². The van der Waals surface area contributed by atoms with Crippen molar-refractivity contribution in [2.45, 2.75) is 13.3 Å². The highest BCUT2D eigenvalue weighted by atomic mass is 16.2. The Bertz CT molecular complexity index is 1460. The van der Waals surface area contributed by atoms with Crippen molar-refractivity contribution in [1.29, 1.82) is 0 Å². The molecular weight excluding hydrogens is 436 g/mol. The van der Waals surface area contributed by atoms with Gasteiger partial charge < -0.3 is 14.8 Å². The van der Waals surface area contributed by atoms with Gasteiger partial charge in [-0.1, -0.05) is 42.0 Å². The number of fused-ring (bicyclic) bond motifs is 1. The van der Waals surface area contributed by atoms with Crippen LogP contribution >= 0.6 is 0 Å². The molecule has 0 atom stereocenters. The van der Waals surface area contributed by atoms with Crippen molar-refractivity contribution >= 4 is 28.3 Å². The van der Waals surface area contributed by atoms with Crippen molar-refractivity contribution in [3.05, 3.63) is 95.3 Å². The number of nitrogens with one attached hydrogen (secondary N) is 1. The molecule has 2 aromatic carbocycles. The number of aromatic nitrogens is 2. The van der Waals surface area contributed by atoms with Crippen LogP contribution in [0.2, 0.25) is 0 Å². The Hall–Kier alpha value is -4.19. The van der Waals surface area contributed by atoms with E-state index in [0.29, 0.717) is 30.0 Å². The van der Waals surface area contributed by atoms with Crippen molar-refractivity contribution in [2.24, 2.45) is 0 Å². The normalized spacial score (nSPS) is 13.6. The van der Waals surface area contributed by atoms with Gasteiger partial charge in [-0.2, -0.15) is 0 Å². The van der Waals surface area contributed by atoms with Crippen molar-refractivity contribution in [2.75, 3.05) is 27.2 Å². The van der Waals surface area contributed by atoms with Gasteiger partial charge in [-0.25, -0.2) is 0 Å². The molecule has 0 bridgehead atoms. The standard InChI is InChI=1S/C29H28N4O2/c1-19-7-4-8-22(15-19)27-24(10-5-13-30-27)28(34)33-14-6-9-23(18-33)20-11-12-21-17-26(29(35)32(2)3)31-25(21)16-20/h4-5,7-13,15-17,31H,6,14,18H2,1-3H3. The van der Waals surface area contributed by atoms with E-state index in [2.05, 4.69) is 34.2 Å². The fourth-order valence-electron chi connectivity index (χ4n) is 4.58. The topological polar surface area (TPSA) is 69.3 Å². The van der Waals surface area contributed by atoms with Crippen LogP contribution in [0.1, 0.15) is 38.4 Å². The Morgan fingerprint density at radius 3 is 2.66 bits per heavy atom. The molecule has 0 fully saturated rings. The minimum atomic E-state index is -0.0581. The summed E-state index contributed by atoms with van der Waals surface area (Å²) in [5, 5.41) is 0.987. The Morgan fingerprint density at radius 1 is 1.00 bits per heavy atom. The lowest BCUT2D eigenvalue weighted by molar-refractivity contribution is 0.0774. The Balaban J connectivity index is 1.41. The summed E-state index contributed by atoms with van der Waals surface area (Å²) in [5.74, 6) is -0.0719. The average molecular weight is 465 g/mol. The second-order valence-electron chi connectivity index (χ2n) is 9.20. The molecule has 176 valence electrons. The Morgan fingerprint density at radius 2 is 1.86 bits per heavy atom. The number of carbonyl (C=O) groups excluding carboxylic acids is 2. The maximum atomic E-state index is 13.6. The van der Waals surface area contributed by atoms with Crippen LogP contribution in [0.4, 0.5) is 0 Å². The first-order valence-corrected chi connectivity index (χ1v) is 11.8. The van der Waals surface area contributed by atoms with E-state index in [1.807, 2.05) is 54.3 Å². The summed E-state index contributed by atoms with van der Waals surface area (Å²) < 4.78 is 0. The maximum Gasteiger partial charge on any atom is 0.269 e. The van der Waals surface area contributed by atoms with Gasteiger partial charge in [0.15, 0.2) is 0 Å². The van der Waals surface area contributed by atoms with Crippen LogP contribution in [-0.4, -0.2) is 58.8 Å². The number of rotatable bonds is 4. The van der Waals surface area contributed by atoms with Gasteiger partial charge >= 0.3 is 0 Å². The summed E-state index contributed by atoms with van der Waals surface area (Å²) in [4.78, 5) is 37.2. The highest BCUT2D eigenvalue weighted by Crippen LogP contribution is 2.28. The lowest BCUT2D eigenvalue weighted by atomic mass is 9.98. The number of pyridine rings is 1. The predicted molar refractivity (Wildman–Crippen MR) is 139 cm³/mol. The first-order chi connectivity index (χ1) is 16.9. The highest BCUT2D eigenvalue weighted by Gasteiger charge is 2.24. The van der Waals surface area contributed by atoms with Gasteiger partial charge in [0.2, 0.25) is 0 Å². The van der Waals surface area contributed by atoms with E-state index in [1.165, 1.54) is 0 Å². The van der Waals surface area contributed by atoms with Crippen molar-refractivity contribution in [3.8, 4) is 11.3 Å². The van der Waals surface area contributed by atoms with Crippen LogP contribution in [-0.2, 0) is 0 Å². The molecule has 2 amide bonds. The summed E-state index contributed by atoms with van der Waals surface area (Å²) in [6.45, 7) is 3.23. The largest absolute Gasteiger partial charge is 0.351 e. The molecule has 1 aliphatic rings. The number of hydrogen-bond acceptors (Lipinski definition) is 3. The number of hydrogen-bond donors (Lipinski definition) is 1. The van der Waals surface area contributed by atoms with Gasteiger partial charge in [0.1, 0.15) is 5.69 Å². The van der Waals surface area contributed by atoms with E-state index >= 15 is 0 Å². The summed E-state index contributed by atoms with van der Waals surface area (Å²) in [7, 11) is 3.48. The number of carbonyl (C=O) groups is 2. The maximum absolute atomic E-state index is 13.6. The zero-order valence-corrected chi connectivity index (χ0v) is 20.2.